The number of ether oxygens (including phenoxy) is 1. The highest BCUT2D eigenvalue weighted by molar-refractivity contribution is 7.14. The van der Waals surface area contributed by atoms with Crippen molar-refractivity contribution in [3.8, 4) is 11.8 Å². The second-order valence-corrected chi connectivity index (χ2v) is 7.05. The number of hydrogen-bond donors (Lipinski definition) is 1. The van der Waals surface area contributed by atoms with Crippen LogP contribution in [0.3, 0.4) is 0 Å². The molecule has 0 radical (unpaired) electrons. The van der Waals surface area contributed by atoms with Crippen molar-refractivity contribution in [2.45, 2.75) is 39.4 Å². The molecule has 1 saturated heterocycles. The number of nitrogens with zero attached hydrogens (tertiary/aromatic N) is 1. The Morgan fingerprint density at radius 2 is 2.33 bits per heavy atom. The maximum Gasteiger partial charge on any atom is 0.264 e. The van der Waals surface area contributed by atoms with Gasteiger partial charge in [-0.2, -0.15) is 0 Å². The van der Waals surface area contributed by atoms with Crippen LogP contribution >= 0.6 is 11.3 Å². The van der Waals surface area contributed by atoms with E-state index in [4.69, 9.17) is 10.5 Å². The number of nitrogens with two attached hydrogens (primary N) is 1. The molecule has 1 aromatic heterocycles. The lowest BCUT2D eigenvalue weighted by Gasteiger charge is -2.41. The van der Waals surface area contributed by atoms with Crippen molar-refractivity contribution in [1.29, 1.82) is 0 Å². The predicted molar refractivity (Wildman–Crippen MR) is 85.5 cm³/mol. The Balaban J connectivity index is 2.20. The lowest BCUT2D eigenvalue weighted by atomic mass is 10.1. The van der Waals surface area contributed by atoms with Crippen LogP contribution in [0.4, 0.5) is 0 Å². The Morgan fingerprint density at radius 3 is 2.95 bits per heavy atom. The van der Waals surface area contributed by atoms with Crippen molar-refractivity contribution in [2.24, 2.45) is 5.73 Å². The van der Waals surface area contributed by atoms with Crippen LogP contribution in [0, 0.1) is 18.8 Å². The van der Waals surface area contributed by atoms with Crippen molar-refractivity contribution in [3.05, 3.63) is 21.4 Å². The molecule has 2 heterocycles. The first-order valence-corrected chi connectivity index (χ1v) is 7.90. The van der Waals surface area contributed by atoms with Crippen molar-refractivity contribution >= 4 is 17.2 Å². The normalized spacial score (nSPS) is 20.8. The first-order valence-electron chi connectivity index (χ1n) is 7.09. The van der Waals surface area contributed by atoms with Gasteiger partial charge in [-0.1, -0.05) is 11.8 Å². The van der Waals surface area contributed by atoms with Crippen LogP contribution in [0.5, 0.6) is 0 Å². The lowest BCUT2D eigenvalue weighted by molar-refractivity contribution is -0.118. The molecule has 5 heteroatoms. The molecular formula is C16H22N2O2S. The number of hydrogen-bond acceptors (Lipinski definition) is 4. The number of amides is 1. The minimum Gasteiger partial charge on any atom is -0.369 e. The first kappa shape index (κ1) is 16.0. The second kappa shape index (κ2) is 6.18. The quantitative estimate of drug-likeness (QED) is 0.808. The van der Waals surface area contributed by atoms with Crippen molar-refractivity contribution in [3.63, 3.8) is 0 Å². The molecule has 0 aliphatic carbocycles. The summed E-state index contributed by atoms with van der Waals surface area (Å²) in [5, 5.41) is 0. The van der Waals surface area contributed by atoms with Gasteiger partial charge in [0.15, 0.2) is 0 Å². The van der Waals surface area contributed by atoms with E-state index in [9.17, 15) is 4.79 Å². The van der Waals surface area contributed by atoms with Crippen LogP contribution in [0.1, 0.15) is 40.9 Å². The fraction of sp³-hybridized carbons (Fsp3) is 0.562. The summed E-state index contributed by atoms with van der Waals surface area (Å²) in [7, 11) is 0. The Kier molecular flexibility index (Phi) is 4.72. The lowest BCUT2D eigenvalue weighted by Crippen LogP contribution is -2.53. The Labute approximate surface area is 130 Å². The Hall–Kier alpha value is -1.35. The highest BCUT2D eigenvalue weighted by atomic mass is 32.1. The summed E-state index contributed by atoms with van der Waals surface area (Å²) < 4.78 is 5.85. The Morgan fingerprint density at radius 1 is 1.62 bits per heavy atom. The fourth-order valence-electron chi connectivity index (χ4n) is 2.61. The zero-order chi connectivity index (χ0) is 15.6. The summed E-state index contributed by atoms with van der Waals surface area (Å²) in [5.41, 5.74) is 6.13. The zero-order valence-corrected chi connectivity index (χ0v) is 13.8. The SMILES string of the molecule is Cc1cc(C(=O)N2CC(C)OC(C)(C)C2)sc1C#CCN. The smallest absolute Gasteiger partial charge is 0.264 e. The molecule has 0 spiro atoms. The summed E-state index contributed by atoms with van der Waals surface area (Å²) in [5.74, 6) is 5.93. The van der Waals surface area contributed by atoms with E-state index < -0.39 is 0 Å². The van der Waals surface area contributed by atoms with E-state index in [0.29, 0.717) is 19.6 Å². The van der Waals surface area contributed by atoms with E-state index in [2.05, 4.69) is 11.8 Å². The number of thiophene rings is 1. The maximum atomic E-state index is 12.7. The summed E-state index contributed by atoms with van der Waals surface area (Å²) >= 11 is 1.44. The standard InChI is InChI=1S/C16H22N2O2S/c1-11-8-14(21-13(11)6-5-7-17)15(19)18-9-12(2)20-16(3,4)10-18/h8,12H,7,9-10,17H2,1-4H3. The largest absolute Gasteiger partial charge is 0.369 e. The molecule has 1 fully saturated rings. The summed E-state index contributed by atoms with van der Waals surface area (Å²) in [6, 6.07) is 1.92. The van der Waals surface area contributed by atoms with Gasteiger partial charge in [-0.05, 0) is 39.3 Å². The molecule has 0 saturated carbocycles. The van der Waals surface area contributed by atoms with Gasteiger partial charge in [0, 0.05) is 13.1 Å². The Bertz CT molecular complexity index is 595. The minimum absolute atomic E-state index is 0.0512. The molecule has 1 aromatic rings. The summed E-state index contributed by atoms with van der Waals surface area (Å²) in [4.78, 5) is 16.2. The number of aryl methyl sites for hydroxylation is 1. The van der Waals surface area contributed by atoms with Crippen molar-refractivity contribution in [1.82, 2.24) is 4.90 Å². The van der Waals surface area contributed by atoms with Gasteiger partial charge in [0.25, 0.3) is 5.91 Å². The average Bonchev–Trinajstić information content (AvgIpc) is 2.74. The zero-order valence-electron chi connectivity index (χ0n) is 13.0. The van der Waals surface area contributed by atoms with Gasteiger partial charge in [0.2, 0.25) is 0 Å². The molecule has 4 nitrogen and oxygen atoms in total. The molecule has 0 bridgehead atoms. The van der Waals surface area contributed by atoms with E-state index in [1.807, 2.05) is 38.7 Å². The van der Waals surface area contributed by atoms with Gasteiger partial charge < -0.3 is 15.4 Å². The fourth-order valence-corrected chi connectivity index (χ4v) is 3.62. The number of carbonyl (C=O) groups excluding carboxylic acids is 1. The third kappa shape index (κ3) is 3.85. The van der Waals surface area contributed by atoms with Gasteiger partial charge in [-0.25, -0.2) is 0 Å². The van der Waals surface area contributed by atoms with E-state index in [1.165, 1.54) is 11.3 Å². The van der Waals surface area contributed by atoms with E-state index in [1.54, 1.807) is 0 Å². The van der Waals surface area contributed by atoms with Crippen LogP contribution < -0.4 is 5.73 Å². The van der Waals surface area contributed by atoms with Crippen LogP contribution in [0.2, 0.25) is 0 Å². The molecule has 1 amide bonds. The number of morpholine rings is 1. The topological polar surface area (TPSA) is 55.6 Å². The molecule has 0 aromatic carbocycles. The number of carbonyl (C=O) groups is 1. The van der Waals surface area contributed by atoms with Gasteiger partial charge in [-0.3, -0.25) is 4.79 Å². The minimum atomic E-state index is -0.304. The molecule has 2 rings (SSSR count). The molecule has 114 valence electrons. The van der Waals surface area contributed by atoms with E-state index in [-0.39, 0.29) is 17.6 Å². The monoisotopic (exact) mass is 306 g/mol. The van der Waals surface area contributed by atoms with E-state index in [0.717, 1.165) is 15.3 Å². The average molecular weight is 306 g/mol. The third-order valence-corrected chi connectivity index (χ3v) is 4.43. The summed E-state index contributed by atoms with van der Waals surface area (Å²) in [6.07, 6.45) is 0.0512. The van der Waals surface area contributed by atoms with Crippen molar-refractivity contribution < 1.29 is 9.53 Å². The third-order valence-electron chi connectivity index (χ3n) is 3.29. The first-order chi connectivity index (χ1) is 9.82. The van der Waals surface area contributed by atoms with Crippen LogP contribution in [0.15, 0.2) is 6.07 Å². The number of rotatable bonds is 1. The van der Waals surface area contributed by atoms with Gasteiger partial charge in [-0.15, -0.1) is 11.3 Å². The van der Waals surface area contributed by atoms with Crippen molar-refractivity contribution in [2.75, 3.05) is 19.6 Å². The van der Waals surface area contributed by atoms with E-state index >= 15 is 0 Å². The highest BCUT2D eigenvalue weighted by Crippen LogP contribution is 2.26. The second-order valence-electron chi connectivity index (χ2n) is 6.00. The maximum absolute atomic E-state index is 12.7. The van der Waals surface area contributed by atoms with Crippen LogP contribution in [-0.4, -0.2) is 42.1 Å². The molecule has 1 atom stereocenters. The van der Waals surface area contributed by atoms with Gasteiger partial charge >= 0.3 is 0 Å². The van der Waals surface area contributed by atoms with Gasteiger partial charge in [0.05, 0.1) is 28.0 Å². The predicted octanol–water partition coefficient (Wildman–Crippen LogP) is 2.01. The van der Waals surface area contributed by atoms with Gasteiger partial charge in [0.1, 0.15) is 0 Å². The molecular weight excluding hydrogens is 284 g/mol. The summed E-state index contributed by atoms with van der Waals surface area (Å²) in [6.45, 7) is 9.57. The molecule has 1 aliphatic heterocycles. The van der Waals surface area contributed by atoms with Crippen LogP contribution in [-0.2, 0) is 4.74 Å². The van der Waals surface area contributed by atoms with Crippen LogP contribution in [0.25, 0.3) is 0 Å². The molecule has 21 heavy (non-hydrogen) atoms. The molecule has 1 aliphatic rings. The molecule has 1 unspecified atom stereocenters. The molecule has 2 N–H and O–H groups in total. The highest BCUT2D eigenvalue weighted by Gasteiger charge is 2.34.